The number of nitrogens with zero attached hydrogens (tertiary/aromatic N) is 1. The molecule has 16 heavy (non-hydrogen) atoms. The van der Waals surface area contributed by atoms with Crippen LogP contribution in [0.3, 0.4) is 0 Å². The topological polar surface area (TPSA) is 29.3 Å². The number of aryl methyl sites for hydroxylation is 1. The third-order valence-corrected chi connectivity index (χ3v) is 3.92. The number of nitrogen functional groups attached to an aromatic ring is 1. The SMILES string of the molecule is Cc1cccc(N)c1N1CCC(C)C(C)C1. The maximum absolute atomic E-state index is 6.09. The van der Waals surface area contributed by atoms with E-state index in [2.05, 4.69) is 31.7 Å². The van der Waals surface area contributed by atoms with Crippen molar-refractivity contribution in [3.63, 3.8) is 0 Å². The second-order valence-corrected chi connectivity index (χ2v) is 5.20. The molecular weight excluding hydrogens is 196 g/mol. The Bertz CT molecular complexity index is 353. The van der Waals surface area contributed by atoms with E-state index < -0.39 is 0 Å². The molecule has 1 aromatic carbocycles. The molecule has 1 aliphatic heterocycles. The smallest absolute Gasteiger partial charge is 0.0629 e. The number of rotatable bonds is 1. The Hall–Kier alpha value is -1.18. The van der Waals surface area contributed by atoms with Gasteiger partial charge in [0.25, 0.3) is 0 Å². The van der Waals surface area contributed by atoms with Crippen molar-refractivity contribution in [2.45, 2.75) is 27.2 Å². The third-order valence-electron chi connectivity index (χ3n) is 3.92. The van der Waals surface area contributed by atoms with Crippen molar-refractivity contribution in [1.29, 1.82) is 0 Å². The molecule has 1 heterocycles. The molecule has 1 aliphatic rings. The molecule has 0 radical (unpaired) electrons. The van der Waals surface area contributed by atoms with E-state index >= 15 is 0 Å². The fraction of sp³-hybridized carbons (Fsp3) is 0.571. The van der Waals surface area contributed by atoms with Gasteiger partial charge in [-0.3, -0.25) is 0 Å². The van der Waals surface area contributed by atoms with E-state index in [1.54, 1.807) is 0 Å². The number of para-hydroxylation sites is 1. The summed E-state index contributed by atoms with van der Waals surface area (Å²) in [5, 5.41) is 0. The monoisotopic (exact) mass is 218 g/mol. The van der Waals surface area contributed by atoms with Crippen LogP contribution in [-0.4, -0.2) is 13.1 Å². The molecule has 1 aromatic rings. The van der Waals surface area contributed by atoms with Gasteiger partial charge in [0.15, 0.2) is 0 Å². The number of benzene rings is 1. The fourth-order valence-corrected chi connectivity index (χ4v) is 2.58. The number of nitrogens with two attached hydrogens (primary N) is 1. The van der Waals surface area contributed by atoms with E-state index in [1.807, 2.05) is 12.1 Å². The van der Waals surface area contributed by atoms with Crippen LogP contribution in [0.5, 0.6) is 0 Å². The van der Waals surface area contributed by atoms with Crippen molar-refractivity contribution in [2.24, 2.45) is 11.8 Å². The summed E-state index contributed by atoms with van der Waals surface area (Å²) in [4.78, 5) is 2.45. The van der Waals surface area contributed by atoms with E-state index in [4.69, 9.17) is 5.73 Å². The van der Waals surface area contributed by atoms with Gasteiger partial charge in [0.2, 0.25) is 0 Å². The van der Waals surface area contributed by atoms with Crippen LogP contribution in [0.25, 0.3) is 0 Å². The highest BCUT2D eigenvalue weighted by Crippen LogP contribution is 2.32. The quantitative estimate of drug-likeness (QED) is 0.734. The molecule has 0 aromatic heterocycles. The lowest BCUT2D eigenvalue weighted by Crippen LogP contribution is -2.39. The predicted octanol–water partition coefficient (Wildman–Crippen LogP) is 3.06. The first kappa shape index (κ1) is 11.3. The first-order valence-corrected chi connectivity index (χ1v) is 6.19. The van der Waals surface area contributed by atoms with Crippen molar-refractivity contribution in [2.75, 3.05) is 23.7 Å². The molecule has 1 fully saturated rings. The molecule has 2 N–H and O–H groups in total. The van der Waals surface area contributed by atoms with Crippen molar-refractivity contribution in [3.8, 4) is 0 Å². The normalized spacial score (nSPS) is 25.8. The molecule has 2 heteroatoms. The molecule has 0 saturated carbocycles. The zero-order valence-corrected chi connectivity index (χ0v) is 10.5. The van der Waals surface area contributed by atoms with Gasteiger partial charge in [-0.2, -0.15) is 0 Å². The van der Waals surface area contributed by atoms with Crippen LogP contribution in [0.15, 0.2) is 18.2 Å². The molecule has 2 unspecified atom stereocenters. The summed E-state index contributed by atoms with van der Waals surface area (Å²) in [6.45, 7) is 9.11. The Kier molecular flexibility index (Phi) is 3.08. The van der Waals surface area contributed by atoms with Gasteiger partial charge in [0, 0.05) is 13.1 Å². The summed E-state index contributed by atoms with van der Waals surface area (Å²) in [6, 6.07) is 6.18. The average molecular weight is 218 g/mol. The number of piperidine rings is 1. The van der Waals surface area contributed by atoms with E-state index in [1.165, 1.54) is 17.7 Å². The minimum absolute atomic E-state index is 0.757. The first-order valence-electron chi connectivity index (χ1n) is 6.19. The fourth-order valence-electron chi connectivity index (χ4n) is 2.58. The lowest BCUT2D eigenvalue weighted by Gasteiger charge is -2.38. The molecule has 2 nitrogen and oxygen atoms in total. The van der Waals surface area contributed by atoms with Gasteiger partial charge in [-0.05, 0) is 36.8 Å². The molecule has 1 saturated heterocycles. The highest BCUT2D eigenvalue weighted by Gasteiger charge is 2.24. The Morgan fingerprint density at radius 1 is 1.25 bits per heavy atom. The van der Waals surface area contributed by atoms with Gasteiger partial charge >= 0.3 is 0 Å². The summed E-state index contributed by atoms with van der Waals surface area (Å²) >= 11 is 0. The van der Waals surface area contributed by atoms with Crippen LogP contribution in [0, 0.1) is 18.8 Å². The molecule has 2 atom stereocenters. The van der Waals surface area contributed by atoms with Crippen LogP contribution in [0.4, 0.5) is 11.4 Å². The first-order chi connectivity index (χ1) is 7.59. The van der Waals surface area contributed by atoms with E-state index in [9.17, 15) is 0 Å². The molecule has 0 bridgehead atoms. The maximum Gasteiger partial charge on any atom is 0.0629 e. The molecule has 2 rings (SSSR count). The van der Waals surface area contributed by atoms with Crippen molar-refractivity contribution >= 4 is 11.4 Å². The van der Waals surface area contributed by atoms with Crippen molar-refractivity contribution in [1.82, 2.24) is 0 Å². The molecule has 0 spiro atoms. The number of anilines is 2. The zero-order valence-electron chi connectivity index (χ0n) is 10.5. The lowest BCUT2D eigenvalue weighted by molar-refractivity contribution is 0.324. The van der Waals surface area contributed by atoms with Crippen molar-refractivity contribution in [3.05, 3.63) is 23.8 Å². The summed E-state index contributed by atoms with van der Waals surface area (Å²) in [6.07, 6.45) is 1.27. The summed E-state index contributed by atoms with van der Waals surface area (Å²) in [7, 11) is 0. The Morgan fingerprint density at radius 3 is 2.62 bits per heavy atom. The maximum atomic E-state index is 6.09. The molecule has 88 valence electrons. The Labute approximate surface area is 98.4 Å². The predicted molar refractivity (Wildman–Crippen MR) is 70.7 cm³/mol. The van der Waals surface area contributed by atoms with Crippen LogP contribution in [-0.2, 0) is 0 Å². The standard InChI is InChI=1S/C14H22N2/c1-10-7-8-16(9-12(10)3)14-11(2)5-4-6-13(14)15/h4-6,10,12H,7-9,15H2,1-3H3. The third kappa shape index (κ3) is 2.01. The second kappa shape index (κ2) is 4.36. The van der Waals surface area contributed by atoms with Crippen LogP contribution in [0.1, 0.15) is 25.8 Å². The summed E-state index contributed by atoms with van der Waals surface area (Å²) < 4.78 is 0. The lowest BCUT2D eigenvalue weighted by atomic mass is 9.88. The second-order valence-electron chi connectivity index (χ2n) is 5.20. The minimum Gasteiger partial charge on any atom is -0.397 e. The largest absolute Gasteiger partial charge is 0.397 e. The summed E-state index contributed by atoms with van der Waals surface area (Å²) in [5.74, 6) is 1.59. The van der Waals surface area contributed by atoms with Gasteiger partial charge in [-0.25, -0.2) is 0 Å². The van der Waals surface area contributed by atoms with Gasteiger partial charge < -0.3 is 10.6 Å². The highest BCUT2D eigenvalue weighted by molar-refractivity contribution is 5.71. The van der Waals surface area contributed by atoms with Crippen LogP contribution >= 0.6 is 0 Å². The number of hydrogen-bond donors (Lipinski definition) is 1. The molecular formula is C14H22N2. The van der Waals surface area contributed by atoms with Gasteiger partial charge in [-0.15, -0.1) is 0 Å². The van der Waals surface area contributed by atoms with E-state index in [0.717, 1.165) is 30.6 Å². The van der Waals surface area contributed by atoms with Crippen LogP contribution in [0.2, 0.25) is 0 Å². The average Bonchev–Trinajstić information content (AvgIpc) is 2.23. The van der Waals surface area contributed by atoms with Crippen LogP contribution < -0.4 is 10.6 Å². The van der Waals surface area contributed by atoms with Gasteiger partial charge in [-0.1, -0.05) is 26.0 Å². The minimum atomic E-state index is 0.757. The van der Waals surface area contributed by atoms with Crippen molar-refractivity contribution < 1.29 is 0 Å². The molecule has 0 amide bonds. The van der Waals surface area contributed by atoms with E-state index in [-0.39, 0.29) is 0 Å². The summed E-state index contributed by atoms with van der Waals surface area (Å²) in [5.41, 5.74) is 9.55. The van der Waals surface area contributed by atoms with E-state index in [0.29, 0.717) is 0 Å². The van der Waals surface area contributed by atoms with Gasteiger partial charge in [0.1, 0.15) is 0 Å². The highest BCUT2D eigenvalue weighted by atomic mass is 15.1. The van der Waals surface area contributed by atoms with Gasteiger partial charge in [0.05, 0.1) is 11.4 Å². The molecule has 0 aliphatic carbocycles. The number of hydrogen-bond acceptors (Lipinski definition) is 2. The Balaban J connectivity index is 2.25. The Morgan fingerprint density at radius 2 is 2.00 bits per heavy atom. The zero-order chi connectivity index (χ0) is 11.7.